The second-order valence-corrected chi connectivity index (χ2v) is 4.73. The minimum absolute atomic E-state index is 0.329. The number of nitrogens with zero attached hydrogens (tertiary/aromatic N) is 2. The van der Waals surface area contributed by atoms with Crippen molar-refractivity contribution in [1.29, 1.82) is 0 Å². The highest BCUT2D eigenvalue weighted by Crippen LogP contribution is 2.27. The number of nitrogens with one attached hydrogen (secondary N) is 1. The average molecular weight is 326 g/mol. The summed E-state index contributed by atoms with van der Waals surface area (Å²) in [6.45, 7) is 0.372. The number of rotatable bonds is 4. The smallest absolute Gasteiger partial charge is 0.163 e. The van der Waals surface area contributed by atoms with Crippen LogP contribution in [0.25, 0.3) is 11.4 Å². The van der Waals surface area contributed by atoms with Gasteiger partial charge in [0.05, 0.1) is 12.3 Å². The van der Waals surface area contributed by atoms with E-state index in [9.17, 15) is 4.39 Å². The molecule has 0 aliphatic heterocycles. The molecule has 0 atom stereocenters. The Labute approximate surface area is 119 Å². The Bertz CT molecular complexity index is 592. The van der Waals surface area contributed by atoms with Crippen LogP contribution in [0.3, 0.4) is 0 Å². The van der Waals surface area contributed by atoms with E-state index in [-0.39, 0.29) is 5.82 Å². The van der Waals surface area contributed by atoms with Crippen LogP contribution in [0.5, 0.6) is 0 Å². The van der Waals surface area contributed by atoms with Crippen molar-refractivity contribution in [2.45, 2.75) is 6.61 Å². The molecule has 0 fully saturated rings. The molecule has 0 saturated carbocycles. The Balaban J connectivity index is 2.54. The van der Waals surface area contributed by atoms with E-state index in [0.29, 0.717) is 23.8 Å². The molecule has 0 amide bonds. The highest BCUT2D eigenvalue weighted by Gasteiger charge is 2.10. The first kappa shape index (κ1) is 13.9. The molecule has 1 aromatic carbocycles. The standard InChI is InChI=1S/C13H13BrFN3O/c1-16-12-6-9(7-19-2)17-13(18-12)10-5-8(15)3-4-11(10)14/h3-6H,7H2,1-2H3,(H,16,17,18). The molecule has 0 unspecified atom stereocenters. The molecule has 2 aromatic rings. The summed E-state index contributed by atoms with van der Waals surface area (Å²) >= 11 is 3.38. The second kappa shape index (κ2) is 6.08. The van der Waals surface area contributed by atoms with Gasteiger partial charge in [0.1, 0.15) is 11.6 Å². The number of ether oxygens (including phenoxy) is 1. The lowest BCUT2D eigenvalue weighted by Gasteiger charge is -2.09. The lowest BCUT2D eigenvalue weighted by molar-refractivity contribution is 0.181. The third-order valence-electron chi connectivity index (χ3n) is 2.50. The lowest BCUT2D eigenvalue weighted by Crippen LogP contribution is -2.02. The Morgan fingerprint density at radius 2 is 2.11 bits per heavy atom. The molecular formula is C13H13BrFN3O. The Kier molecular flexibility index (Phi) is 4.44. The molecule has 0 saturated heterocycles. The van der Waals surface area contributed by atoms with Crippen LogP contribution in [0.15, 0.2) is 28.7 Å². The first-order valence-corrected chi connectivity index (χ1v) is 6.43. The molecule has 0 aliphatic carbocycles. The van der Waals surface area contributed by atoms with E-state index < -0.39 is 0 Å². The van der Waals surface area contributed by atoms with Crippen LogP contribution >= 0.6 is 15.9 Å². The maximum absolute atomic E-state index is 13.3. The maximum atomic E-state index is 13.3. The van der Waals surface area contributed by atoms with Crippen LogP contribution in [0.4, 0.5) is 10.2 Å². The van der Waals surface area contributed by atoms with Crippen molar-refractivity contribution in [1.82, 2.24) is 9.97 Å². The van der Waals surface area contributed by atoms with Gasteiger partial charge in [-0.05, 0) is 18.2 Å². The monoisotopic (exact) mass is 325 g/mol. The van der Waals surface area contributed by atoms with Crippen molar-refractivity contribution in [3.8, 4) is 11.4 Å². The summed E-state index contributed by atoms with van der Waals surface area (Å²) in [5.41, 5.74) is 1.34. The molecular weight excluding hydrogens is 313 g/mol. The molecule has 4 nitrogen and oxygen atoms in total. The summed E-state index contributed by atoms with van der Waals surface area (Å²) in [5.74, 6) is 0.781. The molecule has 0 bridgehead atoms. The van der Waals surface area contributed by atoms with Crippen LogP contribution in [-0.4, -0.2) is 24.1 Å². The van der Waals surface area contributed by atoms with Crippen LogP contribution in [0.1, 0.15) is 5.69 Å². The SMILES string of the molecule is CNc1cc(COC)nc(-c2cc(F)ccc2Br)n1. The van der Waals surface area contributed by atoms with Crippen molar-refractivity contribution in [3.05, 3.63) is 40.2 Å². The highest BCUT2D eigenvalue weighted by atomic mass is 79.9. The molecule has 1 heterocycles. The predicted molar refractivity (Wildman–Crippen MR) is 75.4 cm³/mol. The van der Waals surface area contributed by atoms with Crippen LogP contribution in [0, 0.1) is 5.82 Å². The zero-order valence-electron chi connectivity index (χ0n) is 10.6. The quantitative estimate of drug-likeness (QED) is 0.937. The summed E-state index contributed by atoms with van der Waals surface area (Å²) in [7, 11) is 3.36. The second-order valence-electron chi connectivity index (χ2n) is 3.88. The zero-order chi connectivity index (χ0) is 13.8. The van der Waals surface area contributed by atoms with E-state index in [0.717, 1.165) is 10.2 Å². The van der Waals surface area contributed by atoms with Crippen molar-refractivity contribution >= 4 is 21.7 Å². The van der Waals surface area contributed by atoms with Gasteiger partial charge in [-0.15, -0.1) is 0 Å². The summed E-state index contributed by atoms with van der Waals surface area (Å²) in [6.07, 6.45) is 0. The van der Waals surface area contributed by atoms with E-state index in [1.54, 1.807) is 26.3 Å². The normalized spacial score (nSPS) is 10.5. The fourth-order valence-corrected chi connectivity index (χ4v) is 2.06. The van der Waals surface area contributed by atoms with Crippen molar-refractivity contribution < 1.29 is 9.13 Å². The van der Waals surface area contributed by atoms with Gasteiger partial charge < -0.3 is 10.1 Å². The van der Waals surface area contributed by atoms with Crippen LogP contribution < -0.4 is 5.32 Å². The van der Waals surface area contributed by atoms with E-state index in [1.165, 1.54) is 12.1 Å². The van der Waals surface area contributed by atoms with Gasteiger partial charge in [-0.25, -0.2) is 14.4 Å². The Morgan fingerprint density at radius 3 is 2.79 bits per heavy atom. The maximum Gasteiger partial charge on any atom is 0.163 e. The van der Waals surface area contributed by atoms with Gasteiger partial charge >= 0.3 is 0 Å². The molecule has 2 rings (SSSR count). The summed E-state index contributed by atoms with van der Waals surface area (Å²) in [5, 5.41) is 2.95. The fourth-order valence-electron chi connectivity index (χ4n) is 1.64. The third-order valence-corrected chi connectivity index (χ3v) is 3.19. The number of aromatic nitrogens is 2. The van der Waals surface area contributed by atoms with Crippen molar-refractivity contribution in [3.63, 3.8) is 0 Å². The molecule has 1 N–H and O–H groups in total. The molecule has 0 aliphatic rings. The number of methoxy groups -OCH3 is 1. The molecule has 100 valence electrons. The lowest BCUT2D eigenvalue weighted by atomic mass is 10.2. The Hall–Kier alpha value is -1.53. The van der Waals surface area contributed by atoms with Crippen molar-refractivity contribution in [2.24, 2.45) is 0 Å². The minimum atomic E-state index is -0.329. The van der Waals surface area contributed by atoms with Gasteiger partial charge in [-0.2, -0.15) is 0 Å². The van der Waals surface area contributed by atoms with Crippen LogP contribution in [-0.2, 0) is 11.3 Å². The average Bonchev–Trinajstić information content (AvgIpc) is 2.41. The topological polar surface area (TPSA) is 47.0 Å². The van der Waals surface area contributed by atoms with Gasteiger partial charge in [0.25, 0.3) is 0 Å². The molecule has 0 radical (unpaired) electrons. The largest absolute Gasteiger partial charge is 0.378 e. The zero-order valence-corrected chi connectivity index (χ0v) is 12.2. The van der Waals surface area contributed by atoms with E-state index >= 15 is 0 Å². The Morgan fingerprint density at radius 1 is 1.32 bits per heavy atom. The third kappa shape index (κ3) is 3.27. The number of benzene rings is 1. The predicted octanol–water partition coefficient (Wildman–Crippen LogP) is 3.23. The van der Waals surface area contributed by atoms with Crippen LogP contribution in [0.2, 0.25) is 0 Å². The summed E-state index contributed by atoms with van der Waals surface area (Å²) in [6, 6.07) is 6.21. The molecule has 1 aromatic heterocycles. The number of anilines is 1. The minimum Gasteiger partial charge on any atom is -0.378 e. The molecule has 19 heavy (non-hydrogen) atoms. The number of halogens is 2. The fraction of sp³-hybridized carbons (Fsp3) is 0.231. The van der Waals surface area contributed by atoms with E-state index in [4.69, 9.17) is 4.74 Å². The highest BCUT2D eigenvalue weighted by molar-refractivity contribution is 9.10. The number of hydrogen-bond acceptors (Lipinski definition) is 4. The van der Waals surface area contributed by atoms with Crippen molar-refractivity contribution in [2.75, 3.05) is 19.5 Å². The van der Waals surface area contributed by atoms with E-state index in [2.05, 4.69) is 31.2 Å². The van der Waals surface area contributed by atoms with Gasteiger partial charge in [0, 0.05) is 30.3 Å². The van der Waals surface area contributed by atoms with Gasteiger partial charge in [-0.1, -0.05) is 15.9 Å². The van der Waals surface area contributed by atoms with E-state index in [1.807, 2.05) is 0 Å². The first-order chi connectivity index (χ1) is 9.13. The first-order valence-electron chi connectivity index (χ1n) is 5.64. The summed E-state index contributed by atoms with van der Waals surface area (Å²) < 4.78 is 19.2. The molecule has 6 heteroatoms. The number of hydrogen-bond donors (Lipinski definition) is 1. The van der Waals surface area contributed by atoms with Gasteiger partial charge in [0.15, 0.2) is 5.82 Å². The summed E-state index contributed by atoms with van der Waals surface area (Å²) in [4.78, 5) is 8.70. The van der Waals surface area contributed by atoms with Gasteiger partial charge in [-0.3, -0.25) is 0 Å². The molecule has 0 spiro atoms. The van der Waals surface area contributed by atoms with Gasteiger partial charge in [0.2, 0.25) is 0 Å².